The number of carbonyl (C=O) groups is 2. The predicted octanol–water partition coefficient (Wildman–Crippen LogP) is 2.69. The summed E-state index contributed by atoms with van der Waals surface area (Å²) in [5.74, 6) is -0.337. The second-order valence-electron chi connectivity index (χ2n) is 5.21. The number of thioether (sulfide) groups is 1. The van der Waals surface area contributed by atoms with E-state index in [0.717, 1.165) is 6.26 Å². The largest absolute Gasteiger partial charge is 0.464 e. The fraction of sp³-hybridized carbons (Fsp3) is 0.400. The zero-order chi connectivity index (χ0) is 18.4. The van der Waals surface area contributed by atoms with Crippen LogP contribution in [0.2, 0.25) is 0 Å². The van der Waals surface area contributed by atoms with E-state index in [0.29, 0.717) is 27.4 Å². The molecule has 0 aliphatic carbocycles. The molecular formula is C15H17N3O5S2. The van der Waals surface area contributed by atoms with E-state index in [1.165, 1.54) is 29.2 Å². The molecule has 0 saturated heterocycles. The van der Waals surface area contributed by atoms with Crippen LogP contribution >= 0.6 is 23.1 Å². The van der Waals surface area contributed by atoms with E-state index in [4.69, 9.17) is 9.15 Å². The minimum absolute atomic E-state index is 0.132. The quantitative estimate of drug-likeness (QED) is 0.441. The third-order valence-electron chi connectivity index (χ3n) is 2.85. The Hall–Kier alpha value is -2.20. The van der Waals surface area contributed by atoms with Crippen molar-refractivity contribution in [3.05, 3.63) is 28.3 Å². The maximum absolute atomic E-state index is 11.9. The molecule has 8 nitrogen and oxygen atoms in total. The predicted molar refractivity (Wildman–Crippen MR) is 93.8 cm³/mol. The molecule has 0 aliphatic heterocycles. The highest BCUT2D eigenvalue weighted by atomic mass is 32.2. The fourth-order valence-electron chi connectivity index (χ4n) is 1.47. The van der Waals surface area contributed by atoms with Crippen LogP contribution in [0.4, 0.5) is 5.13 Å². The molecule has 2 rings (SSSR count). The highest BCUT2D eigenvalue weighted by Crippen LogP contribution is 2.28. The number of carbonyl (C=O) groups excluding carboxylic acids is 2. The maximum Gasteiger partial charge on any atom is 0.314 e. The minimum Gasteiger partial charge on any atom is -0.464 e. The smallest absolute Gasteiger partial charge is 0.314 e. The van der Waals surface area contributed by atoms with Crippen molar-refractivity contribution >= 4 is 40.1 Å². The highest BCUT2D eigenvalue weighted by Gasteiger charge is 2.14. The normalized spacial score (nSPS) is 10.7. The van der Waals surface area contributed by atoms with Crippen LogP contribution in [0.1, 0.15) is 33.0 Å². The number of esters is 1. The van der Waals surface area contributed by atoms with Crippen molar-refractivity contribution < 1.29 is 18.7 Å². The summed E-state index contributed by atoms with van der Waals surface area (Å²) in [4.78, 5) is 34.8. The van der Waals surface area contributed by atoms with E-state index in [-0.39, 0.29) is 17.6 Å². The molecule has 0 bridgehead atoms. The Balaban J connectivity index is 1.95. The van der Waals surface area contributed by atoms with Gasteiger partial charge in [0.1, 0.15) is 12.0 Å². The van der Waals surface area contributed by atoms with Gasteiger partial charge < -0.3 is 14.5 Å². The molecule has 2 aromatic rings. The lowest BCUT2D eigenvalue weighted by molar-refractivity contribution is -0.137. The second-order valence-corrected chi connectivity index (χ2v) is 7.41. The zero-order valence-electron chi connectivity index (χ0n) is 13.9. The number of amides is 1. The van der Waals surface area contributed by atoms with E-state index >= 15 is 0 Å². The van der Waals surface area contributed by atoms with Gasteiger partial charge in [-0.05, 0) is 0 Å². The minimum atomic E-state index is -0.495. The standard InChI is InChI=1S/C15H17N3O5S2/c1-4-12(20)16-14-17-18-15(25-14)24-7-9-5-10(19)11(6-22-9)23-13(21)8(2)3/h5-6,8H,4,7H2,1-3H3,(H,16,17,20). The summed E-state index contributed by atoms with van der Waals surface area (Å²) >= 11 is 2.55. The summed E-state index contributed by atoms with van der Waals surface area (Å²) in [7, 11) is 0. The lowest BCUT2D eigenvalue weighted by Crippen LogP contribution is -2.18. The van der Waals surface area contributed by atoms with Crippen molar-refractivity contribution in [1.29, 1.82) is 0 Å². The molecule has 2 aromatic heterocycles. The number of nitrogens with zero attached hydrogens (tertiary/aromatic N) is 2. The van der Waals surface area contributed by atoms with E-state index in [2.05, 4.69) is 15.5 Å². The van der Waals surface area contributed by atoms with Gasteiger partial charge in [-0.2, -0.15) is 0 Å². The third-order valence-corrected chi connectivity index (χ3v) is 4.84. The van der Waals surface area contributed by atoms with Gasteiger partial charge in [-0.25, -0.2) is 0 Å². The van der Waals surface area contributed by atoms with Gasteiger partial charge in [0.25, 0.3) is 0 Å². The van der Waals surface area contributed by atoms with Crippen LogP contribution in [0.25, 0.3) is 0 Å². The molecular weight excluding hydrogens is 366 g/mol. The fourth-order valence-corrected chi connectivity index (χ4v) is 3.13. The van der Waals surface area contributed by atoms with Crippen molar-refractivity contribution in [2.24, 2.45) is 5.92 Å². The molecule has 0 aliphatic rings. The first-order chi connectivity index (χ1) is 11.9. The van der Waals surface area contributed by atoms with Gasteiger partial charge in [-0.3, -0.25) is 14.4 Å². The van der Waals surface area contributed by atoms with Gasteiger partial charge in [0.2, 0.25) is 22.2 Å². The number of anilines is 1. The monoisotopic (exact) mass is 383 g/mol. The molecule has 0 unspecified atom stereocenters. The van der Waals surface area contributed by atoms with Crippen LogP contribution in [0.15, 0.2) is 25.9 Å². The lowest BCUT2D eigenvalue weighted by Gasteiger charge is -2.05. The van der Waals surface area contributed by atoms with E-state index < -0.39 is 11.4 Å². The van der Waals surface area contributed by atoms with Crippen molar-refractivity contribution in [3.8, 4) is 5.75 Å². The molecule has 0 aromatic carbocycles. The van der Waals surface area contributed by atoms with E-state index in [1.54, 1.807) is 20.8 Å². The Morgan fingerprint density at radius 3 is 2.80 bits per heavy atom. The molecule has 2 heterocycles. The zero-order valence-corrected chi connectivity index (χ0v) is 15.5. The lowest BCUT2D eigenvalue weighted by atomic mass is 10.2. The summed E-state index contributed by atoms with van der Waals surface area (Å²) in [6.45, 7) is 5.10. The van der Waals surface area contributed by atoms with E-state index in [1.807, 2.05) is 0 Å². The average molecular weight is 383 g/mol. The number of hydrogen-bond donors (Lipinski definition) is 1. The molecule has 0 atom stereocenters. The first-order valence-corrected chi connectivity index (χ1v) is 9.28. The van der Waals surface area contributed by atoms with Crippen LogP contribution in [0.3, 0.4) is 0 Å². The van der Waals surface area contributed by atoms with Crippen LogP contribution in [-0.4, -0.2) is 22.1 Å². The first kappa shape index (κ1) is 19.1. The molecule has 0 radical (unpaired) electrons. The Labute approximate surface area is 152 Å². The van der Waals surface area contributed by atoms with Crippen molar-refractivity contribution in [2.45, 2.75) is 37.3 Å². The first-order valence-electron chi connectivity index (χ1n) is 7.48. The molecule has 0 spiro atoms. The van der Waals surface area contributed by atoms with Gasteiger partial charge in [0.05, 0.1) is 11.7 Å². The van der Waals surface area contributed by atoms with Gasteiger partial charge in [-0.15, -0.1) is 10.2 Å². The summed E-state index contributed by atoms with van der Waals surface area (Å²) in [5.41, 5.74) is -0.427. The van der Waals surface area contributed by atoms with Gasteiger partial charge >= 0.3 is 5.97 Å². The van der Waals surface area contributed by atoms with Gasteiger partial charge in [-0.1, -0.05) is 43.9 Å². The van der Waals surface area contributed by atoms with Gasteiger partial charge in [0, 0.05) is 12.5 Å². The molecule has 1 N–H and O–H groups in total. The number of nitrogens with one attached hydrogen (secondary N) is 1. The van der Waals surface area contributed by atoms with Crippen molar-refractivity contribution in [2.75, 3.05) is 5.32 Å². The van der Waals surface area contributed by atoms with Crippen molar-refractivity contribution in [3.63, 3.8) is 0 Å². The van der Waals surface area contributed by atoms with Crippen LogP contribution in [0, 0.1) is 5.92 Å². The molecule has 10 heteroatoms. The number of rotatable bonds is 7. The van der Waals surface area contributed by atoms with Gasteiger partial charge in [0.15, 0.2) is 4.34 Å². The number of hydrogen-bond acceptors (Lipinski definition) is 9. The molecule has 0 fully saturated rings. The highest BCUT2D eigenvalue weighted by molar-refractivity contribution is 8.00. The summed E-state index contributed by atoms with van der Waals surface area (Å²) in [6.07, 6.45) is 1.49. The number of aromatic nitrogens is 2. The average Bonchev–Trinajstić information content (AvgIpc) is 3.02. The summed E-state index contributed by atoms with van der Waals surface area (Å²) < 4.78 is 10.9. The Kier molecular flexibility index (Phi) is 6.71. The Morgan fingerprint density at radius 1 is 1.40 bits per heavy atom. The third kappa shape index (κ3) is 5.68. The van der Waals surface area contributed by atoms with Crippen LogP contribution < -0.4 is 15.5 Å². The molecule has 1 amide bonds. The second kappa shape index (κ2) is 8.77. The SMILES string of the molecule is CCC(=O)Nc1nnc(SCc2cc(=O)c(OC(=O)C(C)C)co2)s1. The Morgan fingerprint density at radius 2 is 2.16 bits per heavy atom. The molecule has 134 valence electrons. The summed E-state index contributed by atoms with van der Waals surface area (Å²) in [6, 6.07) is 1.27. The molecule has 25 heavy (non-hydrogen) atoms. The molecule has 0 saturated carbocycles. The number of ether oxygens (including phenoxy) is 1. The van der Waals surface area contributed by atoms with Crippen LogP contribution in [-0.2, 0) is 15.3 Å². The van der Waals surface area contributed by atoms with Crippen molar-refractivity contribution in [1.82, 2.24) is 10.2 Å². The summed E-state index contributed by atoms with van der Waals surface area (Å²) in [5, 5.41) is 10.9. The van der Waals surface area contributed by atoms with E-state index in [9.17, 15) is 14.4 Å². The topological polar surface area (TPSA) is 111 Å². The Bertz CT molecular complexity index is 815. The maximum atomic E-state index is 11.9. The van der Waals surface area contributed by atoms with Crippen LogP contribution in [0.5, 0.6) is 5.75 Å².